The number of methoxy groups -OCH3 is 2. The fourth-order valence-corrected chi connectivity index (χ4v) is 4.98. The molecule has 158 valence electrons. The molecule has 0 aliphatic carbocycles. The van der Waals surface area contributed by atoms with Crippen molar-refractivity contribution in [2.75, 3.05) is 18.5 Å². The molecule has 0 amide bonds. The topological polar surface area (TPSA) is 55.8 Å². The highest BCUT2D eigenvalue weighted by Gasteiger charge is 2.28. The first-order chi connectivity index (χ1) is 14.3. The fraction of sp³-hybridized carbons (Fsp3) is 0.182. The fourth-order valence-electron chi connectivity index (χ4n) is 3.06. The Hall–Kier alpha value is -2.77. The highest BCUT2D eigenvalue weighted by Crippen LogP contribution is 2.32. The van der Waals surface area contributed by atoms with E-state index in [1.54, 1.807) is 37.3 Å². The van der Waals surface area contributed by atoms with E-state index >= 15 is 0 Å². The van der Waals surface area contributed by atoms with Crippen LogP contribution < -0.4 is 13.8 Å². The first-order valence-electron chi connectivity index (χ1n) is 9.01. The van der Waals surface area contributed by atoms with Crippen molar-refractivity contribution in [3.8, 4) is 11.5 Å². The number of benzene rings is 3. The minimum atomic E-state index is -4.06. The maximum absolute atomic E-state index is 14.0. The quantitative estimate of drug-likeness (QED) is 0.497. The predicted molar refractivity (Wildman–Crippen MR) is 116 cm³/mol. The molecule has 8 heteroatoms. The van der Waals surface area contributed by atoms with Crippen LogP contribution in [-0.4, -0.2) is 22.6 Å². The van der Waals surface area contributed by atoms with Gasteiger partial charge in [0.1, 0.15) is 17.3 Å². The lowest BCUT2D eigenvalue weighted by atomic mass is 10.2. The van der Waals surface area contributed by atoms with E-state index < -0.39 is 15.8 Å². The Balaban J connectivity index is 2.16. The van der Waals surface area contributed by atoms with Gasteiger partial charge in [-0.1, -0.05) is 23.7 Å². The Bertz CT molecular complexity index is 1150. The molecular formula is C22H21ClFNO4S. The van der Waals surface area contributed by atoms with Crippen molar-refractivity contribution in [3.05, 3.63) is 82.6 Å². The normalized spacial score (nSPS) is 11.2. The molecule has 0 heterocycles. The first kappa shape index (κ1) is 21.9. The van der Waals surface area contributed by atoms with Crippen molar-refractivity contribution in [2.24, 2.45) is 0 Å². The van der Waals surface area contributed by atoms with Crippen LogP contribution in [0.15, 0.2) is 65.6 Å². The molecule has 0 saturated heterocycles. The van der Waals surface area contributed by atoms with Gasteiger partial charge in [-0.2, -0.15) is 0 Å². The third-order valence-corrected chi connectivity index (χ3v) is 6.95. The van der Waals surface area contributed by atoms with E-state index in [1.165, 1.54) is 44.6 Å². The Morgan fingerprint density at radius 3 is 2.20 bits per heavy atom. The van der Waals surface area contributed by atoms with Crippen LogP contribution in [0.5, 0.6) is 11.5 Å². The zero-order valence-corrected chi connectivity index (χ0v) is 18.3. The maximum Gasteiger partial charge on any atom is 0.264 e. The standard InChI is InChI=1S/C22H21ClFNO4S/c1-15-21(23)8-5-9-22(15)30(26,27)25(18-7-4-6-17(24)12-18)14-16-10-19(28-2)13-20(11-16)29-3/h4-13H,14H2,1-3H3. The number of hydrogen-bond donors (Lipinski definition) is 0. The van der Waals surface area contributed by atoms with Crippen LogP contribution in [0.4, 0.5) is 10.1 Å². The average Bonchev–Trinajstić information content (AvgIpc) is 2.73. The predicted octanol–water partition coefficient (Wildman–Crippen LogP) is 5.20. The Morgan fingerprint density at radius 2 is 1.60 bits per heavy atom. The molecule has 0 spiro atoms. The molecular weight excluding hydrogens is 429 g/mol. The number of halogens is 2. The summed E-state index contributed by atoms with van der Waals surface area (Å²) in [6.45, 7) is 1.57. The number of rotatable bonds is 7. The Morgan fingerprint density at radius 1 is 0.967 bits per heavy atom. The first-order valence-corrected chi connectivity index (χ1v) is 10.8. The monoisotopic (exact) mass is 449 g/mol. The minimum absolute atomic E-state index is 0.0501. The molecule has 3 rings (SSSR count). The van der Waals surface area contributed by atoms with Crippen molar-refractivity contribution in [2.45, 2.75) is 18.4 Å². The van der Waals surface area contributed by atoms with Gasteiger partial charge in [0, 0.05) is 11.1 Å². The van der Waals surface area contributed by atoms with Crippen molar-refractivity contribution in [3.63, 3.8) is 0 Å². The summed E-state index contributed by atoms with van der Waals surface area (Å²) in [5.41, 5.74) is 1.22. The molecule has 3 aromatic rings. The molecule has 3 aromatic carbocycles. The number of hydrogen-bond acceptors (Lipinski definition) is 4. The van der Waals surface area contributed by atoms with Gasteiger partial charge < -0.3 is 9.47 Å². The molecule has 5 nitrogen and oxygen atoms in total. The van der Waals surface area contributed by atoms with Gasteiger partial charge >= 0.3 is 0 Å². The number of sulfonamides is 1. The van der Waals surface area contributed by atoms with Gasteiger partial charge in [-0.25, -0.2) is 12.8 Å². The molecule has 0 aliphatic heterocycles. The van der Waals surface area contributed by atoms with Gasteiger partial charge in [0.15, 0.2) is 0 Å². The van der Waals surface area contributed by atoms with Gasteiger partial charge in [0.2, 0.25) is 0 Å². The lowest BCUT2D eigenvalue weighted by Gasteiger charge is -2.26. The zero-order chi connectivity index (χ0) is 21.9. The van der Waals surface area contributed by atoms with Gasteiger partial charge in [0.25, 0.3) is 10.0 Å². The molecule has 0 aliphatic rings. The summed E-state index contributed by atoms with van der Waals surface area (Å²) < 4.78 is 52.9. The smallest absolute Gasteiger partial charge is 0.264 e. The van der Waals surface area contributed by atoms with Gasteiger partial charge in [-0.15, -0.1) is 0 Å². The summed E-state index contributed by atoms with van der Waals surface area (Å²) in [5, 5.41) is 0.332. The second kappa shape index (κ2) is 8.93. The average molecular weight is 450 g/mol. The molecule has 0 fully saturated rings. The Kier molecular flexibility index (Phi) is 6.53. The van der Waals surface area contributed by atoms with E-state index in [1.807, 2.05) is 0 Å². The van der Waals surface area contributed by atoms with E-state index in [0.717, 1.165) is 4.31 Å². The summed E-state index contributed by atoms with van der Waals surface area (Å²) >= 11 is 6.16. The van der Waals surface area contributed by atoms with E-state index in [4.69, 9.17) is 21.1 Å². The lowest BCUT2D eigenvalue weighted by Crippen LogP contribution is -2.31. The van der Waals surface area contributed by atoms with Crippen molar-refractivity contribution in [1.82, 2.24) is 0 Å². The molecule has 0 saturated carbocycles. The second-order valence-corrected chi connectivity index (χ2v) is 8.81. The lowest BCUT2D eigenvalue weighted by molar-refractivity contribution is 0.393. The molecule has 0 unspecified atom stereocenters. The van der Waals surface area contributed by atoms with Crippen LogP contribution in [0.3, 0.4) is 0 Å². The summed E-state index contributed by atoms with van der Waals surface area (Å²) in [5.74, 6) is 0.485. The molecule has 30 heavy (non-hydrogen) atoms. The van der Waals surface area contributed by atoms with E-state index in [9.17, 15) is 12.8 Å². The van der Waals surface area contributed by atoms with Gasteiger partial charge in [0.05, 0.1) is 31.3 Å². The summed E-state index contributed by atoms with van der Waals surface area (Å²) in [6.07, 6.45) is 0. The summed E-state index contributed by atoms with van der Waals surface area (Å²) in [4.78, 5) is 0.0501. The SMILES string of the molecule is COc1cc(CN(c2cccc(F)c2)S(=O)(=O)c2cccc(Cl)c2C)cc(OC)c1. The zero-order valence-electron chi connectivity index (χ0n) is 16.7. The number of ether oxygens (including phenoxy) is 2. The number of anilines is 1. The van der Waals surface area contributed by atoms with Crippen LogP contribution >= 0.6 is 11.6 Å². The molecule has 0 bridgehead atoms. The van der Waals surface area contributed by atoms with Crippen molar-refractivity contribution in [1.29, 1.82) is 0 Å². The van der Waals surface area contributed by atoms with Gasteiger partial charge in [-0.3, -0.25) is 4.31 Å². The number of nitrogens with zero attached hydrogens (tertiary/aromatic N) is 1. The summed E-state index contributed by atoms with van der Waals surface area (Å²) in [7, 11) is -1.04. The third-order valence-electron chi connectivity index (χ3n) is 4.62. The largest absolute Gasteiger partial charge is 0.497 e. The maximum atomic E-state index is 14.0. The Labute approximate surface area is 180 Å². The minimum Gasteiger partial charge on any atom is -0.497 e. The van der Waals surface area contributed by atoms with Crippen molar-refractivity contribution < 1.29 is 22.3 Å². The highest BCUT2D eigenvalue weighted by molar-refractivity contribution is 7.92. The van der Waals surface area contributed by atoms with E-state index in [0.29, 0.717) is 27.6 Å². The van der Waals surface area contributed by atoms with E-state index in [-0.39, 0.29) is 17.1 Å². The van der Waals surface area contributed by atoms with Crippen LogP contribution in [-0.2, 0) is 16.6 Å². The van der Waals surface area contributed by atoms with Crippen LogP contribution in [0.2, 0.25) is 5.02 Å². The van der Waals surface area contributed by atoms with Crippen molar-refractivity contribution >= 4 is 27.3 Å². The molecule has 0 N–H and O–H groups in total. The highest BCUT2D eigenvalue weighted by atomic mass is 35.5. The van der Waals surface area contributed by atoms with Crippen LogP contribution in [0.1, 0.15) is 11.1 Å². The van der Waals surface area contributed by atoms with Crippen LogP contribution in [0.25, 0.3) is 0 Å². The second-order valence-electron chi connectivity index (χ2n) is 6.58. The van der Waals surface area contributed by atoms with Crippen LogP contribution in [0, 0.1) is 12.7 Å². The molecule has 0 aromatic heterocycles. The van der Waals surface area contributed by atoms with E-state index in [2.05, 4.69) is 0 Å². The third kappa shape index (κ3) is 4.52. The summed E-state index contributed by atoms with van der Waals surface area (Å²) in [6, 6.07) is 15.2. The van der Waals surface area contributed by atoms with Gasteiger partial charge in [-0.05, 0) is 60.5 Å². The molecule has 0 radical (unpaired) electrons. The molecule has 0 atom stereocenters.